The molecule has 3 nitrogen and oxygen atoms in total. The van der Waals surface area contributed by atoms with Crippen molar-refractivity contribution in [2.75, 3.05) is 12.3 Å². The van der Waals surface area contributed by atoms with E-state index >= 15 is 0 Å². The number of amides is 2. The van der Waals surface area contributed by atoms with E-state index in [1.54, 1.807) is 0 Å². The van der Waals surface area contributed by atoms with Gasteiger partial charge in [0.15, 0.2) is 0 Å². The van der Waals surface area contributed by atoms with Crippen LogP contribution in [0.3, 0.4) is 0 Å². The summed E-state index contributed by atoms with van der Waals surface area (Å²) in [4.78, 5) is 24.7. The number of thiol groups is 1. The van der Waals surface area contributed by atoms with E-state index in [0.717, 1.165) is 18.6 Å². The van der Waals surface area contributed by atoms with Gasteiger partial charge >= 0.3 is 0 Å². The predicted octanol–water partition coefficient (Wildman–Crippen LogP) is 2.02. The second kappa shape index (κ2) is 4.78. The first-order chi connectivity index (χ1) is 7.67. The number of imide groups is 1. The van der Waals surface area contributed by atoms with Crippen LogP contribution in [0.4, 0.5) is 0 Å². The minimum Gasteiger partial charge on any atom is -0.282 e. The van der Waals surface area contributed by atoms with Gasteiger partial charge in [0.2, 0.25) is 11.8 Å². The lowest BCUT2D eigenvalue weighted by molar-refractivity contribution is -0.140. The van der Waals surface area contributed by atoms with Crippen LogP contribution in [0.25, 0.3) is 0 Å². The van der Waals surface area contributed by atoms with Crippen LogP contribution < -0.4 is 0 Å². The first-order valence-corrected chi connectivity index (χ1v) is 6.74. The topological polar surface area (TPSA) is 37.4 Å². The molecule has 90 valence electrons. The molecule has 1 aliphatic carbocycles. The van der Waals surface area contributed by atoms with Gasteiger partial charge in [0.1, 0.15) is 0 Å². The monoisotopic (exact) mass is 241 g/mol. The maximum absolute atomic E-state index is 11.6. The highest BCUT2D eigenvalue weighted by molar-refractivity contribution is 7.80. The van der Waals surface area contributed by atoms with E-state index in [1.165, 1.54) is 24.2 Å². The Morgan fingerprint density at radius 3 is 2.12 bits per heavy atom. The van der Waals surface area contributed by atoms with E-state index < -0.39 is 0 Å². The van der Waals surface area contributed by atoms with Crippen LogP contribution in [0, 0.1) is 5.41 Å². The molecule has 0 radical (unpaired) electrons. The Kier molecular flexibility index (Phi) is 3.57. The lowest BCUT2D eigenvalue weighted by Crippen LogP contribution is -2.42. The second-order valence-corrected chi connectivity index (χ2v) is 5.41. The minimum atomic E-state index is 0.0109. The summed E-state index contributed by atoms with van der Waals surface area (Å²) in [5.41, 5.74) is 0.0943. The van der Waals surface area contributed by atoms with Crippen LogP contribution in [0.15, 0.2) is 0 Å². The predicted molar refractivity (Wildman–Crippen MR) is 65.3 cm³/mol. The quantitative estimate of drug-likeness (QED) is 0.606. The molecule has 1 heterocycles. The summed E-state index contributed by atoms with van der Waals surface area (Å²) >= 11 is 4.43. The SMILES string of the molecule is O=C1CCC(=O)N1CC1(CS)CCCCC1. The molecule has 2 rings (SSSR count). The Balaban J connectivity index is 2.05. The van der Waals surface area contributed by atoms with Crippen molar-refractivity contribution in [3.8, 4) is 0 Å². The third kappa shape index (κ3) is 2.26. The Bertz CT molecular complexity index is 281. The summed E-state index contributed by atoms with van der Waals surface area (Å²) in [6, 6.07) is 0. The number of rotatable bonds is 3. The van der Waals surface area contributed by atoms with E-state index in [9.17, 15) is 9.59 Å². The average Bonchev–Trinajstić information content (AvgIpc) is 2.62. The number of hydrogen-bond donors (Lipinski definition) is 1. The van der Waals surface area contributed by atoms with Gasteiger partial charge in [-0.25, -0.2) is 0 Å². The molecule has 0 aromatic carbocycles. The number of nitrogens with zero attached hydrogens (tertiary/aromatic N) is 1. The highest BCUT2D eigenvalue weighted by atomic mass is 32.1. The molecule has 0 unspecified atom stereocenters. The molecular weight excluding hydrogens is 222 g/mol. The normalized spacial score (nSPS) is 25.2. The smallest absolute Gasteiger partial charge is 0.229 e. The van der Waals surface area contributed by atoms with Gasteiger partial charge < -0.3 is 0 Å². The van der Waals surface area contributed by atoms with Gasteiger partial charge in [-0.05, 0) is 24.0 Å². The second-order valence-electron chi connectivity index (χ2n) is 5.09. The molecule has 0 bridgehead atoms. The van der Waals surface area contributed by atoms with Gasteiger partial charge in [-0.1, -0.05) is 19.3 Å². The first-order valence-electron chi connectivity index (χ1n) is 6.11. The van der Waals surface area contributed by atoms with Gasteiger partial charge in [0.05, 0.1) is 0 Å². The minimum absolute atomic E-state index is 0.0109. The molecule has 16 heavy (non-hydrogen) atoms. The molecule has 0 atom stereocenters. The maximum atomic E-state index is 11.6. The van der Waals surface area contributed by atoms with Crippen molar-refractivity contribution >= 4 is 24.4 Å². The van der Waals surface area contributed by atoms with E-state index in [2.05, 4.69) is 12.6 Å². The molecule has 2 amide bonds. The Morgan fingerprint density at radius 2 is 1.62 bits per heavy atom. The van der Waals surface area contributed by atoms with Gasteiger partial charge in [-0.3, -0.25) is 14.5 Å². The highest BCUT2D eigenvalue weighted by Crippen LogP contribution is 2.38. The zero-order chi connectivity index (χ0) is 11.6. The third-order valence-corrected chi connectivity index (χ3v) is 4.57. The Hall–Kier alpha value is -0.510. The fourth-order valence-corrected chi connectivity index (χ4v) is 3.22. The third-order valence-electron chi connectivity index (χ3n) is 3.90. The van der Waals surface area contributed by atoms with E-state index in [4.69, 9.17) is 0 Å². The zero-order valence-electron chi connectivity index (χ0n) is 9.57. The van der Waals surface area contributed by atoms with Crippen molar-refractivity contribution in [2.45, 2.75) is 44.9 Å². The number of carbonyl (C=O) groups excluding carboxylic acids is 2. The zero-order valence-corrected chi connectivity index (χ0v) is 10.5. The Labute approximate surface area is 102 Å². The van der Waals surface area contributed by atoms with Gasteiger partial charge in [0, 0.05) is 19.4 Å². The summed E-state index contributed by atoms with van der Waals surface area (Å²) in [6.07, 6.45) is 6.70. The van der Waals surface area contributed by atoms with E-state index in [-0.39, 0.29) is 17.2 Å². The van der Waals surface area contributed by atoms with Crippen LogP contribution in [0.2, 0.25) is 0 Å². The van der Waals surface area contributed by atoms with Crippen LogP contribution in [0.1, 0.15) is 44.9 Å². The molecule has 1 aliphatic heterocycles. The van der Waals surface area contributed by atoms with Crippen LogP contribution in [0.5, 0.6) is 0 Å². The largest absolute Gasteiger partial charge is 0.282 e. The molecule has 0 spiro atoms. The molecule has 1 saturated carbocycles. The number of likely N-dealkylation sites (tertiary alicyclic amines) is 1. The standard InChI is InChI=1S/C12H19NO2S/c14-10-4-5-11(15)13(10)8-12(9-16)6-2-1-3-7-12/h16H,1-9H2. The van der Waals surface area contributed by atoms with Crippen LogP contribution in [-0.2, 0) is 9.59 Å². The van der Waals surface area contributed by atoms with Crippen molar-refractivity contribution in [2.24, 2.45) is 5.41 Å². The van der Waals surface area contributed by atoms with Crippen molar-refractivity contribution in [3.05, 3.63) is 0 Å². The molecule has 0 aromatic rings. The van der Waals surface area contributed by atoms with Crippen molar-refractivity contribution in [1.82, 2.24) is 4.90 Å². The molecule has 2 aliphatic rings. The fraction of sp³-hybridized carbons (Fsp3) is 0.833. The van der Waals surface area contributed by atoms with Crippen molar-refractivity contribution in [3.63, 3.8) is 0 Å². The maximum Gasteiger partial charge on any atom is 0.229 e. The van der Waals surface area contributed by atoms with Crippen molar-refractivity contribution < 1.29 is 9.59 Å². The summed E-state index contributed by atoms with van der Waals surface area (Å²) in [5, 5.41) is 0. The van der Waals surface area contributed by atoms with Gasteiger partial charge in [-0.2, -0.15) is 12.6 Å². The molecule has 4 heteroatoms. The Morgan fingerprint density at radius 1 is 1.06 bits per heavy atom. The molecule has 0 aromatic heterocycles. The lowest BCUT2D eigenvalue weighted by atomic mass is 9.75. The van der Waals surface area contributed by atoms with E-state index in [0.29, 0.717) is 19.4 Å². The summed E-state index contributed by atoms with van der Waals surface area (Å²) in [7, 11) is 0. The average molecular weight is 241 g/mol. The van der Waals surface area contributed by atoms with Crippen LogP contribution in [-0.4, -0.2) is 29.0 Å². The van der Waals surface area contributed by atoms with Crippen LogP contribution >= 0.6 is 12.6 Å². The van der Waals surface area contributed by atoms with E-state index in [1.807, 2.05) is 0 Å². The molecular formula is C12H19NO2S. The first kappa shape index (κ1) is 12.0. The number of hydrogen-bond acceptors (Lipinski definition) is 3. The highest BCUT2D eigenvalue weighted by Gasteiger charge is 2.38. The van der Waals surface area contributed by atoms with Crippen molar-refractivity contribution in [1.29, 1.82) is 0 Å². The summed E-state index contributed by atoms with van der Waals surface area (Å²) in [6.45, 7) is 0.605. The molecule has 2 fully saturated rings. The molecule has 0 N–H and O–H groups in total. The summed E-state index contributed by atoms with van der Waals surface area (Å²) in [5.74, 6) is 0.804. The fourth-order valence-electron chi connectivity index (χ4n) is 2.80. The molecule has 1 saturated heterocycles. The summed E-state index contributed by atoms with van der Waals surface area (Å²) < 4.78 is 0. The number of carbonyl (C=O) groups is 2. The van der Waals surface area contributed by atoms with Gasteiger partial charge in [-0.15, -0.1) is 0 Å². The van der Waals surface area contributed by atoms with Gasteiger partial charge in [0.25, 0.3) is 0 Å². The lowest BCUT2D eigenvalue weighted by Gasteiger charge is -2.38.